The maximum Gasteiger partial charge on any atom is 0.248 e. The quantitative estimate of drug-likeness (QED) is 0.0608. The molecule has 1 unspecified atom stereocenters. The summed E-state index contributed by atoms with van der Waals surface area (Å²) in [5.74, 6) is 4.13. The lowest BCUT2D eigenvalue weighted by Crippen LogP contribution is -2.24. The molecule has 1 atom stereocenters. The Hall–Kier alpha value is -1.53. The lowest BCUT2D eigenvalue weighted by Gasteiger charge is -2.18. The van der Waals surface area contributed by atoms with Crippen molar-refractivity contribution in [3.8, 4) is 11.4 Å². The molecule has 1 amide bonds. The first-order valence-corrected chi connectivity index (χ1v) is 20.0. The third kappa shape index (κ3) is 19.8. The number of carbonyl (C=O) groups excluding carboxylic acids is 1. The van der Waals surface area contributed by atoms with Crippen molar-refractivity contribution in [1.29, 1.82) is 0 Å². The zero-order valence-electron chi connectivity index (χ0n) is 26.7. The maximum atomic E-state index is 12.1. The first kappa shape index (κ1) is 38.7. The van der Waals surface area contributed by atoms with E-state index in [9.17, 15) is 9.69 Å². The van der Waals surface area contributed by atoms with E-state index >= 15 is 0 Å². The van der Waals surface area contributed by atoms with E-state index in [1.54, 1.807) is 6.92 Å². The molecule has 0 aliphatic carbocycles. The molecule has 0 spiro atoms. The summed E-state index contributed by atoms with van der Waals surface area (Å²) >= 11 is 0. The average molecular weight is 670 g/mol. The molecular formula is C31H52N5O5PS2. The van der Waals surface area contributed by atoms with Gasteiger partial charge in [0.05, 0.1) is 26.4 Å². The number of hydrogen-bond acceptors (Lipinski definition) is 11. The molecule has 0 fully saturated rings. The van der Waals surface area contributed by atoms with Crippen LogP contribution in [-0.2, 0) is 25.1 Å². The highest BCUT2D eigenvalue weighted by Gasteiger charge is 2.11. The predicted molar refractivity (Wildman–Crippen MR) is 185 cm³/mol. The summed E-state index contributed by atoms with van der Waals surface area (Å²) in [7, 11) is 0.892. The predicted octanol–water partition coefficient (Wildman–Crippen LogP) is 7.03. The SMILES string of the molecule is C=P(O)(OCCCCCCSSCCCCCCC(C)C)OCCOCCC(=O)NCc1ccc(-c2nnc(C)nn2)cc1. The number of unbranched alkanes of at least 4 members (excludes halogenated alkanes) is 6. The molecule has 0 aliphatic heterocycles. The van der Waals surface area contributed by atoms with E-state index in [2.05, 4.69) is 45.9 Å². The van der Waals surface area contributed by atoms with Gasteiger partial charge in [-0.15, -0.1) is 20.4 Å². The van der Waals surface area contributed by atoms with Gasteiger partial charge in [0.1, 0.15) is 0 Å². The molecule has 0 saturated heterocycles. The third-order valence-electron chi connectivity index (χ3n) is 6.53. The molecule has 0 bridgehead atoms. The fourth-order valence-electron chi connectivity index (χ4n) is 4.01. The van der Waals surface area contributed by atoms with Gasteiger partial charge in [0.25, 0.3) is 0 Å². The number of nitrogens with zero attached hydrogens (tertiary/aromatic N) is 4. The van der Waals surface area contributed by atoms with Crippen molar-refractivity contribution < 1.29 is 23.5 Å². The first-order chi connectivity index (χ1) is 21.2. The van der Waals surface area contributed by atoms with Gasteiger partial charge in [-0.25, -0.2) is 0 Å². The van der Waals surface area contributed by atoms with Crippen molar-refractivity contribution in [3.63, 3.8) is 0 Å². The Labute approximate surface area is 272 Å². The van der Waals surface area contributed by atoms with Gasteiger partial charge in [0, 0.05) is 30.0 Å². The Morgan fingerprint density at radius 1 is 0.864 bits per heavy atom. The van der Waals surface area contributed by atoms with E-state index in [1.807, 2.05) is 45.9 Å². The highest BCUT2D eigenvalue weighted by molar-refractivity contribution is 8.76. The van der Waals surface area contributed by atoms with Crippen molar-refractivity contribution in [2.45, 2.75) is 91.5 Å². The highest BCUT2D eigenvalue weighted by Crippen LogP contribution is 2.42. The second-order valence-electron chi connectivity index (χ2n) is 11.1. The molecule has 2 N–H and O–H groups in total. The molecular weight excluding hydrogens is 617 g/mol. The number of carbonyl (C=O) groups is 1. The first-order valence-electron chi connectivity index (χ1n) is 15.7. The van der Waals surface area contributed by atoms with Gasteiger partial charge in [0.2, 0.25) is 19.3 Å². The van der Waals surface area contributed by atoms with Crippen molar-refractivity contribution in [2.75, 3.05) is 37.9 Å². The number of aryl methyl sites for hydroxylation is 1. The molecule has 2 aromatic rings. The van der Waals surface area contributed by atoms with Crippen molar-refractivity contribution in [1.82, 2.24) is 25.7 Å². The third-order valence-corrected chi connectivity index (χ3v) is 10.3. The van der Waals surface area contributed by atoms with Crippen molar-refractivity contribution in [3.05, 3.63) is 35.7 Å². The van der Waals surface area contributed by atoms with Crippen LogP contribution in [0.1, 0.15) is 89.4 Å². The van der Waals surface area contributed by atoms with Gasteiger partial charge in [-0.2, -0.15) is 0 Å². The summed E-state index contributed by atoms with van der Waals surface area (Å²) in [6.45, 7) is 7.82. The summed E-state index contributed by atoms with van der Waals surface area (Å²) in [5, 5.41) is 18.7. The number of benzene rings is 1. The Balaban J connectivity index is 1.38. The summed E-state index contributed by atoms with van der Waals surface area (Å²) < 4.78 is 16.4. The molecule has 248 valence electrons. The monoisotopic (exact) mass is 669 g/mol. The average Bonchev–Trinajstić information content (AvgIpc) is 3.00. The Bertz CT molecular complexity index is 1080. The minimum atomic E-state index is -3.10. The molecule has 1 heterocycles. The fourth-order valence-corrected chi connectivity index (χ4v) is 7.15. The molecule has 1 aromatic carbocycles. The Morgan fingerprint density at radius 2 is 1.48 bits per heavy atom. The van der Waals surface area contributed by atoms with Crippen LogP contribution in [-0.4, -0.2) is 75.4 Å². The van der Waals surface area contributed by atoms with Crippen LogP contribution in [0.25, 0.3) is 11.4 Å². The van der Waals surface area contributed by atoms with Gasteiger partial charge >= 0.3 is 0 Å². The number of hydrogen-bond donors (Lipinski definition) is 2. The normalized spacial score (nSPS) is 12.8. The lowest BCUT2D eigenvalue weighted by atomic mass is 10.0. The second kappa shape index (κ2) is 23.8. The maximum absolute atomic E-state index is 12.1. The second-order valence-corrected chi connectivity index (χ2v) is 15.6. The van der Waals surface area contributed by atoms with E-state index in [0.717, 1.165) is 36.3 Å². The van der Waals surface area contributed by atoms with Gasteiger partial charge < -0.3 is 24.0 Å². The molecule has 10 nitrogen and oxygen atoms in total. The van der Waals surface area contributed by atoms with Gasteiger partial charge in [0.15, 0.2) is 5.82 Å². The fraction of sp³-hybridized carbons (Fsp3) is 0.677. The van der Waals surface area contributed by atoms with Crippen LogP contribution >= 0.6 is 29.2 Å². The zero-order valence-corrected chi connectivity index (χ0v) is 29.3. The van der Waals surface area contributed by atoms with Crippen LogP contribution < -0.4 is 5.32 Å². The summed E-state index contributed by atoms with van der Waals surface area (Å²) in [5.41, 5.74) is 1.76. The van der Waals surface area contributed by atoms with E-state index in [-0.39, 0.29) is 32.1 Å². The summed E-state index contributed by atoms with van der Waals surface area (Å²) in [6.07, 6.45) is 15.0. The van der Waals surface area contributed by atoms with Crippen LogP contribution in [0.15, 0.2) is 24.3 Å². The molecule has 0 saturated carbocycles. The van der Waals surface area contributed by atoms with E-state index in [1.165, 1.54) is 50.0 Å². The Morgan fingerprint density at radius 3 is 2.14 bits per heavy atom. The van der Waals surface area contributed by atoms with Crippen LogP contribution in [0, 0.1) is 12.8 Å². The molecule has 0 radical (unpaired) electrons. The molecule has 13 heteroatoms. The molecule has 1 aromatic heterocycles. The number of rotatable bonds is 26. The summed E-state index contributed by atoms with van der Waals surface area (Å²) in [4.78, 5) is 22.4. The van der Waals surface area contributed by atoms with Gasteiger partial charge in [-0.3, -0.25) is 4.79 Å². The minimum Gasteiger partial charge on any atom is -0.379 e. The summed E-state index contributed by atoms with van der Waals surface area (Å²) in [6, 6.07) is 7.53. The lowest BCUT2D eigenvalue weighted by molar-refractivity contribution is -0.122. The number of ether oxygens (including phenoxy) is 1. The molecule has 0 aliphatic rings. The number of aromatic nitrogens is 4. The minimum absolute atomic E-state index is 0.116. The number of nitrogens with one attached hydrogen (secondary N) is 1. The zero-order chi connectivity index (χ0) is 31.9. The van der Waals surface area contributed by atoms with Crippen LogP contribution in [0.2, 0.25) is 0 Å². The number of amides is 1. The van der Waals surface area contributed by atoms with Gasteiger partial charge in [-0.1, -0.05) is 98.2 Å². The standard InChI is InChI=1S/C31H52N5O5PS2/c1-26(2)13-9-5-7-11-23-43-44-24-12-8-6-10-19-40-42(4,38)41-22-21-39-20-18-30(37)32-25-28-14-16-29(17-15-28)31-35-33-27(3)34-36-31/h14-17,26,38H,4-13,18-25H2,1-3H3,(H,32,37). The Kier molecular flexibility index (Phi) is 20.9. The van der Waals surface area contributed by atoms with E-state index in [0.29, 0.717) is 24.8 Å². The van der Waals surface area contributed by atoms with Crippen molar-refractivity contribution >= 4 is 41.4 Å². The van der Waals surface area contributed by atoms with E-state index < -0.39 is 7.57 Å². The van der Waals surface area contributed by atoms with Crippen LogP contribution in [0.5, 0.6) is 0 Å². The van der Waals surface area contributed by atoms with Crippen LogP contribution in [0.4, 0.5) is 0 Å². The largest absolute Gasteiger partial charge is 0.379 e. The molecule has 2 rings (SSSR count). The van der Waals surface area contributed by atoms with Gasteiger partial charge in [-0.05, 0) is 44.0 Å². The highest BCUT2D eigenvalue weighted by atomic mass is 33.1. The van der Waals surface area contributed by atoms with Crippen LogP contribution in [0.3, 0.4) is 0 Å². The topological polar surface area (TPSA) is 129 Å². The smallest absolute Gasteiger partial charge is 0.248 e. The van der Waals surface area contributed by atoms with Crippen molar-refractivity contribution in [2.24, 2.45) is 5.92 Å². The van der Waals surface area contributed by atoms with E-state index in [4.69, 9.17) is 13.8 Å². The molecule has 44 heavy (non-hydrogen) atoms.